The predicted octanol–water partition coefficient (Wildman–Crippen LogP) is 0.735. The van der Waals surface area contributed by atoms with E-state index in [1.54, 1.807) is 11.8 Å². The highest BCUT2D eigenvalue weighted by Gasteiger charge is 2.23. The van der Waals surface area contributed by atoms with Crippen LogP contribution in [0.15, 0.2) is 0 Å². The van der Waals surface area contributed by atoms with Gasteiger partial charge in [-0.2, -0.15) is 11.8 Å². The van der Waals surface area contributed by atoms with Crippen LogP contribution in [0.4, 0.5) is 0 Å². The summed E-state index contributed by atoms with van der Waals surface area (Å²) in [4.78, 5) is 11.2. The number of amides is 1. The number of nitrogens with one attached hydrogen (secondary N) is 1. The second-order valence-corrected chi connectivity index (χ2v) is 5.31. The lowest BCUT2D eigenvalue weighted by Gasteiger charge is -2.17. The van der Waals surface area contributed by atoms with Crippen LogP contribution in [0.2, 0.25) is 0 Å². The van der Waals surface area contributed by atoms with Crippen molar-refractivity contribution in [1.82, 2.24) is 5.32 Å². The van der Waals surface area contributed by atoms with Crippen LogP contribution in [0.5, 0.6) is 0 Å². The van der Waals surface area contributed by atoms with E-state index in [0.29, 0.717) is 11.8 Å². The Labute approximate surface area is 83.8 Å². The van der Waals surface area contributed by atoms with Gasteiger partial charge in [-0.3, -0.25) is 4.79 Å². The van der Waals surface area contributed by atoms with Gasteiger partial charge in [0.25, 0.3) is 0 Å². The molecule has 0 aromatic carbocycles. The van der Waals surface area contributed by atoms with E-state index in [4.69, 9.17) is 5.73 Å². The van der Waals surface area contributed by atoms with E-state index >= 15 is 0 Å². The summed E-state index contributed by atoms with van der Waals surface area (Å²) in [7, 11) is 0. The van der Waals surface area contributed by atoms with Gasteiger partial charge in [0.05, 0.1) is 5.75 Å². The molecule has 76 valence electrons. The third kappa shape index (κ3) is 5.93. The lowest BCUT2D eigenvalue weighted by molar-refractivity contribution is -0.118. The van der Waals surface area contributed by atoms with Gasteiger partial charge in [-0.05, 0) is 26.7 Å². The Morgan fingerprint density at radius 2 is 2.23 bits per heavy atom. The van der Waals surface area contributed by atoms with E-state index in [0.717, 1.165) is 18.6 Å². The van der Waals surface area contributed by atoms with Gasteiger partial charge in [0, 0.05) is 17.3 Å². The van der Waals surface area contributed by atoms with Crippen molar-refractivity contribution in [1.29, 1.82) is 0 Å². The van der Waals surface area contributed by atoms with E-state index in [9.17, 15) is 4.79 Å². The Hall–Kier alpha value is -0.220. The molecule has 3 N–H and O–H groups in total. The summed E-state index contributed by atoms with van der Waals surface area (Å²) >= 11 is 1.60. The topological polar surface area (TPSA) is 55.1 Å². The first-order valence-electron chi connectivity index (χ1n) is 4.63. The fourth-order valence-corrected chi connectivity index (χ4v) is 1.80. The molecule has 3 nitrogen and oxygen atoms in total. The first-order chi connectivity index (χ1) is 5.97. The molecule has 0 aliphatic heterocycles. The van der Waals surface area contributed by atoms with Crippen LogP contribution >= 0.6 is 11.8 Å². The van der Waals surface area contributed by atoms with Gasteiger partial charge < -0.3 is 11.1 Å². The van der Waals surface area contributed by atoms with E-state index in [2.05, 4.69) is 5.32 Å². The largest absolute Gasteiger partial charge is 0.353 e. The fraction of sp³-hybridized carbons (Fsp3) is 0.889. The normalized spacial score (nSPS) is 17.2. The molecule has 0 unspecified atom stereocenters. The van der Waals surface area contributed by atoms with Crippen molar-refractivity contribution in [3.8, 4) is 0 Å². The highest BCUT2D eigenvalue weighted by molar-refractivity contribution is 8.00. The standard InChI is InChI=1S/C9H18N2OS/c1-9(2,10)6-13-5-8(12)11-7-3-4-7/h7H,3-6,10H2,1-2H3,(H,11,12). The summed E-state index contributed by atoms with van der Waals surface area (Å²) in [5.74, 6) is 1.51. The fourth-order valence-electron chi connectivity index (χ4n) is 0.904. The maximum Gasteiger partial charge on any atom is 0.230 e. The Morgan fingerprint density at radius 3 is 2.69 bits per heavy atom. The van der Waals surface area contributed by atoms with Gasteiger partial charge in [0.1, 0.15) is 0 Å². The van der Waals surface area contributed by atoms with Gasteiger partial charge in [-0.25, -0.2) is 0 Å². The molecule has 0 heterocycles. The molecule has 1 saturated carbocycles. The molecule has 0 aromatic rings. The maximum absolute atomic E-state index is 11.2. The molecule has 0 bridgehead atoms. The second-order valence-electron chi connectivity index (χ2n) is 4.32. The Balaban J connectivity index is 2.01. The molecule has 4 heteroatoms. The molecular formula is C9H18N2OS. The Bertz CT molecular complexity index is 185. The van der Waals surface area contributed by atoms with Crippen LogP contribution in [-0.2, 0) is 4.79 Å². The van der Waals surface area contributed by atoms with Crippen LogP contribution in [0.3, 0.4) is 0 Å². The summed E-state index contributed by atoms with van der Waals surface area (Å²) in [6.45, 7) is 3.94. The zero-order valence-electron chi connectivity index (χ0n) is 8.30. The zero-order chi connectivity index (χ0) is 9.90. The van der Waals surface area contributed by atoms with Gasteiger partial charge in [0.15, 0.2) is 0 Å². The molecule has 1 fully saturated rings. The van der Waals surface area contributed by atoms with E-state index in [1.807, 2.05) is 13.8 Å². The van der Waals surface area contributed by atoms with Gasteiger partial charge >= 0.3 is 0 Å². The van der Waals surface area contributed by atoms with Crippen LogP contribution < -0.4 is 11.1 Å². The molecule has 0 radical (unpaired) electrons. The van der Waals surface area contributed by atoms with Crippen LogP contribution in [0.1, 0.15) is 26.7 Å². The number of carbonyl (C=O) groups excluding carboxylic acids is 1. The SMILES string of the molecule is CC(C)(N)CSCC(=O)NC1CC1. The molecular weight excluding hydrogens is 184 g/mol. The number of hydrogen-bond donors (Lipinski definition) is 2. The van der Waals surface area contributed by atoms with Gasteiger partial charge in [-0.1, -0.05) is 0 Å². The molecule has 1 rings (SSSR count). The summed E-state index contributed by atoms with van der Waals surface area (Å²) in [5.41, 5.74) is 5.61. The number of nitrogens with two attached hydrogens (primary N) is 1. The quantitative estimate of drug-likeness (QED) is 0.691. The highest BCUT2D eigenvalue weighted by atomic mass is 32.2. The summed E-state index contributed by atoms with van der Waals surface area (Å²) < 4.78 is 0. The highest BCUT2D eigenvalue weighted by Crippen LogP contribution is 2.19. The minimum atomic E-state index is -0.176. The Kier molecular flexibility index (Phi) is 3.62. The van der Waals surface area contributed by atoms with Crippen LogP contribution in [0, 0.1) is 0 Å². The maximum atomic E-state index is 11.2. The number of hydrogen-bond acceptors (Lipinski definition) is 3. The van der Waals surface area contributed by atoms with Crippen molar-refractivity contribution in [2.24, 2.45) is 5.73 Å². The predicted molar refractivity (Wildman–Crippen MR) is 56.8 cm³/mol. The van der Waals surface area contributed by atoms with Crippen LogP contribution in [-0.4, -0.2) is 29.0 Å². The van der Waals surface area contributed by atoms with Crippen molar-refractivity contribution >= 4 is 17.7 Å². The van der Waals surface area contributed by atoms with E-state index < -0.39 is 0 Å². The van der Waals surface area contributed by atoms with Crippen molar-refractivity contribution in [2.75, 3.05) is 11.5 Å². The molecule has 0 saturated heterocycles. The number of thioether (sulfide) groups is 1. The monoisotopic (exact) mass is 202 g/mol. The first-order valence-corrected chi connectivity index (χ1v) is 5.79. The molecule has 1 aliphatic carbocycles. The molecule has 0 aromatic heterocycles. The average Bonchev–Trinajstić information content (AvgIpc) is 2.68. The third-order valence-electron chi connectivity index (χ3n) is 1.65. The number of rotatable bonds is 5. The van der Waals surface area contributed by atoms with Crippen molar-refractivity contribution in [3.05, 3.63) is 0 Å². The van der Waals surface area contributed by atoms with Crippen molar-refractivity contribution in [3.63, 3.8) is 0 Å². The molecule has 1 aliphatic rings. The van der Waals surface area contributed by atoms with Gasteiger partial charge in [-0.15, -0.1) is 0 Å². The lowest BCUT2D eigenvalue weighted by Crippen LogP contribution is -2.36. The van der Waals surface area contributed by atoms with Crippen LogP contribution in [0.25, 0.3) is 0 Å². The molecule has 13 heavy (non-hydrogen) atoms. The Morgan fingerprint density at radius 1 is 1.62 bits per heavy atom. The summed E-state index contributed by atoms with van der Waals surface area (Å²) in [6, 6.07) is 0.471. The molecule has 1 amide bonds. The molecule has 0 spiro atoms. The minimum absolute atomic E-state index is 0.150. The summed E-state index contributed by atoms with van der Waals surface area (Å²) in [6.07, 6.45) is 2.30. The first kappa shape index (κ1) is 10.9. The van der Waals surface area contributed by atoms with E-state index in [-0.39, 0.29) is 11.4 Å². The second kappa shape index (κ2) is 4.33. The lowest BCUT2D eigenvalue weighted by atomic mass is 10.1. The molecule has 0 atom stereocenters. The minimum Gasteiger partial charge on any atom is -0.353 e. The summed E-state index contributed by atoms with van der Waals surface area (Å²) in [5, 5.41) is 2.94. The zero-order valence-corrected chi connectivity index (χ0v) is 9.12. The van der Waals surface area contributed by atoms with E-state index in [1.165, 1.54) is 0 Å². The third-order valence-corrected chi connectivity index (χ3v) is 3.06. The van der Waals surface area contributed by atoms with Crippen molar-refractivity contribution < 1.29 is 4.79 Å². The number of carbonyl (C=O) groups is 1. The van der Waals surface area contributed by atoms with Gasteiger partial charge in [0.2, 0.25) is 5.91 Å². The average molecular weight is 202 g/mol. The van der Waals surface area contributed by atoms with Crippen molar-refractivity contribution in [2.45, 2.75) is 38.3 Å². The smallest absolute Gasteiger partial charge is 0.230 e.